The molecule has 0 N–H and O–H groups in total. The summed E-state index contributed by atoms with van der Waals surface area (Å²) in [6.45, 7) is 4.10. The molecule has 0 spiro atoms. The van der Waals surface area contributed by atoms with Gasteiger partial charge in [0.05, 0.1) is 5.35 Å². The fourth-order valence-corrected chi connectivity index (χ4v) is 2.98. The molecule has 0 unspecified atom stereocenters. The highest BCUT2D eigenvalue weighted by atomic mass is 15.1. The first-order valence-electron chi connectivity index (χ1n) is 6.97. The number of benzene rings is 1. The van der Waals surface area contributed by atoms with Gasteiger partial charge in [0.2, 0.25) is 0 Å². The molecule has 102 valence electrons. The summed E-state index contributed by atoms with van der Waals surface area (Å²) in [5, 5.41) is 4.63. The van der Waals surface area contributed by atoms with Crippen LogP contribution in [0.4, 0.5) is 0 Å². The summed E-state index contributed by atoms with van der Waals surface area (Å²) in [5.74, 6) is 0. The Morgan fingerprint density at radius 3 is 2.43 bits per heavy atom. The van der Waals surface area contributed by atoms with Crippen LogP contribution in [0.25, 0.3) is 39.9 Å². The fourth-order valence-electron chi connectivity index (χ4n) is 2.98. The van der Waals surface area contributed by atoms with Crippen molar-refractivity contribution in [3.8, 4) is 0 Å². The van der Waals surface area contributed by atoms with E-state index in [9.17, 15) is 0 Å². The van der Waals surface area contributed by atoms with Gasteiger partial charge in [-0.2, -0.15) is 0 Å². The van der Waals surface area contributed by atoms with Crippen LogP contribution >= 0.6 is 0 Å². The van der Waals surface area contributed by atoms with Crippen LogP contribution in [-0.2, 0) is 0 Å². The van der Waals surface area contributed by atoms with Crippen molar-refractivity contribution >= 4 is 39.9 Å². The third kappa shape index (κ3) is 1.53. The van der Waals surface area contributed by atoms with E-state index in [-0.39, 0.29) is 0 Å². The first-order chi connectivity index (χ1) is 10.3. The number of rotatable bonds is 0. The van der Waals surface area contributed by atoms with Gasteiger partial charge in [0.25, 0.3) is 0 Å². The van der Waals surface area contributed by atoms with E-state index in [1.165, 1.54) is 10.6 Å². The van der Waals surface area contributed by atoms with Gasteiger partial charge in [-0.3, -0.25) is 4.40 Å². The third-order valence-electron chi connectivity index (χ3n) is 3.83. The van der Waals surface area contributed by atoms with E-state index in [4.69, 9.17) is 0 Å². The number of aromatic nitrogens is 4. The highest BCUT2D eigenvalue weighted by Crippen LogP contribution is 2.17. The summed E-state index contributed by atoms with van der Waals surface area (Å²) in [5.41, 5.74) is 2.39. The van der Waals surface area contributed by atoms with E-state index in [2.05, 4.69) is 56.6 Å². The summed E-state index contributed by atoms with van der Waals surface area (Å²) in [6.07, 6.45) is 7.63. The molecule has 0 amide bonds. The van der Waals surface area contributed by atoms with E-state index in [1.807, 2.05) is 13.0 Å². The van der Waals surface area contributed by atoms with Gasteiger partial charge in [0, 0.05) is 23.0 Å². The Balaban J connectivity index is 2.51. The summed E-state index contributed by atoms with van der Waals surface area (Å²) >= 11 is 0. The quantitative estimate of drug-likeness (QED) is 0.493. The number of pyridine rings is 1. The Bertz CT molecular complexity index is 1110. The van der Waals surface area contributed by atoms with Crippen LogP contribution in [0, 0.1) is 0 Å². The average Bonchev–Trinajstić information content (AvgIpc) is 2.93. The molecule has 4 nitrogen and oxygen atoms in total. The Morgan fingerprint density at radius 1 is 0.905 bits per heavy atom. The second-order valence-electron chi connectivity index (χ2n) is 4.90. The Labute approximate surface area is 121 Å². The molecular weight excluding hydrogens is 260 g/mol. The second-order valence-corrected chi connectivity index (χ2v) is 4.90. The van der Waals surface area contributed by atoms with Gasteiger partial charge < -0.3 is 0 Å². The average molecular weight is 274 g/mol. The van der Waals surface area contributed by atoms with Gasteiger partial charge in [0.15, 0.2) is 11.3 Å². The van der Waals surface area contributed by atoms with Gasteiger partial charge in [0.1, 0.15) is 5.65 Å². The van der Waals surface area contributed by atoms with Crippen LogP contribution in [-0.4, -0.2) is 19.4 Å². The Kier molecular flexibility index (Phi) is 2.51. The molecule has 0 fully saturated rings. The summed E-state index contributed by atoms with van der Waals surface area (Å²) in [7, 11) is 0. The summed E-state index contributed by atoms with van der Waals surface area (Å²) < 4.78 is 2.10. The van der Waals surface area contributed by atoms with Crippen molar-refractivity contribution in [1.82, 2.24) is 19.4 Å². The van der Waals surface area contributed by atoms with Crippen LogP contribution in [0.2, 0.25) is 0 Å². The second kappa shape index (κ2) is 4.38. The zero-order valence-corrected chi connectivity index (χ0v) is 11.9. The standard InChI is InChI=1S/C17H14N4/c1-3-11-12-7-5-6-8-13(12)16-20-15-17(19-10-9-18-15)21(16)14(11)4-2/h3-10H,1-2H3/b11-3-,14-4+. The van der Waals surface area contributed by atoms with Crippen molar-refractivity contribution in [3.63, 3.8) is 0 Å². The fraction of sp³-hybridized carbons (Fsp3) is 0.118. The highest BCUT2D eigenvalue weighted by Gasteiger charge is 2.11. The minimum atomic E-state index is 0.680. The molecule has 3 aromatic heterocycles. The van der Waals surface area contributed by atoms with Crippen molar-refractivity contribution in [2.45, 2.75) is 13.8 Å². The molecule has 0 radical (unpaired) electrons. The molecule has 4 aromatic rings. The molecule has 4 heteroatoms. The van der Waals surface area contributed by atoms with Gasteiger partial charge in [-0.15, -0.1) is 0 Å². The lowest BCUT2D eigenvalue weighted by molar-refractivity contribution is 1.12. The van der Waals surface area contributed by atoms with E-state index >= 15 is 0 Å². The molecule has 0 aliphatic heterocycles. The molecule has 3 heterocycles. The van der Waals surface area contributed by atoms with Crippen molar-refractivity contribution in [1.29, 1.82) is 0 Å². The molecule has 0 atom stereocenters. The number of nitrogens with zero attached hydrogens (tertiary/aromatic N) is 4. The molecule has 1 aromatic carbocycles. The lowest BCUT2D eigenvalue weighted by Gasteiger charge is -2.04. The SMILES string of the molecule is C/C=c1\c(=C/C)n2c3nccnc3nc2c2ccccc12. The molecule has 0 saturated carbocycles. The zero-order chi connectivity index (χ0) is 14.4. The number of imidazole rings is 1. The van der Waals surface area contributed by atoms with Crippen LogP contribution < -0.4 is 10.6 Å². The predicted molar refractivity (Wildman–Crippen MR) is 85.3 cm³/mol. The monoisotopic (exact) mass is 274 g/mol. The number of hydrogen-bond donors (Lipinski definition) is 0. The van der Waals surface area contributed by atoms with Crippen LogP contribution in [0.5, 0.6) is 0 Å². The Hall–Kier alpha value is -2.75. The van der Waals surface area contributed by atoms with E-state index in [0.29, 0.717) is 5.65 Å². The molecule has 21 heavy (non-hydrogen) atoms. The van der Waals surface area contributed by atoms with Gasteiger partial charge in [-0.1, -0.05) is 36.4 Å². The van der Waals surface area contributed by atoms with Crippen molar-refractivity contribution in [2.75, 3.05) is 0 Å². The maximum atomic E-state index is 4.68. The van der Waals surface area contributed by atoms with Crippen molar-refractivity contribution < 1.29 is 0 Å². The van der Waals surface area contributed by atoms with Crippen LogP contribution in [0.3, 0.4) is 0 Å². The lowest BCUT2D eigenvalue weighted by Crippen LogP contribution is -2.32. The van der Waals surface area contributed by atoms with Crippen LogP contribution in [0.1, 0.15) is 13.8 Å². The van der Waals surface area contributed by atoms with E-state index < -0.39 is 0 Å². The predicted octanol–water partition coefficient (Wildman–Crippen LogP) is 2.03. The van der Waals surface area contributed by atoms with E-state index in [1.54, 1.807) is 12.4 Å². The molecule has 0 bridgehead atoms. The van der Waals surface area contributed by atoms with Crippen LogP contribution in [0.15, 0.2) is 36.7 Å². The first-order valence-corrected chi connectivity index (χ1v) is 6.97. The molecule has 0 saturated heterocycles. The van der Waals surface area contributed by atoms with Gasteiger partial charge in [-0.25, -0.2) is 15.0 Å². The lowest BCUT2D eigenvalue weighted by atomic mass is 10.1. The minimum absolute atomic E-state index is 0.680. The first kappa shape index (κ1) is 12.0. The van der Waals surface area contributed by atoms with Gasteiger partial charge >= 0.3 is 0 Å². The maximum absolute atomic E-state index is 4.68. The zero-order valence-electron chi connectivity index (χ0n) is 11.9. The van der Waals surface area contributed by atoms with E-state index in [0.717, 1.165) is 22.0 Å². The number of hydrogen-bond acceptors (Lipinski definition) is 3. The molecule has 4 rings (SSSR count). The van der Waals surface area contributed by atoms with Gasteiger partial charge in [-0.05, 0) is 19.2 Å². The smallest absolute Gasteiger partial charge is 0.198 e. The van der Waals surface area contributed by atoms with Crippen molar-refractivity contribution in [3.05, 3.63) is 47.2 Å². The highest BCUT2D eigenvalue weighted by molar-refractivity contribution is 5.97. The largest absolute Gasteiger partial charge is 0.275 e. The van der Waals surface area contributed by atoms with Crippen molar-refractivity contribution in [2.24, 2.45) is 0 Å². The topological polar surface area (TPSA) is 43.1 Å². The molecule has 0 aliphatic carbocycles. The summed E-state index contributed by atoms with van der Waals surface area (Å²) in [6, 6.07) is 8.34. The normalized spacial score (nSPS) is 13.8. The third-order valence-corrected chi connectivity index (χ3v) is 3.83. The molecular formula is C17H14N4. The molecule has 0 aliphatic rings. The Morgan fingerprint density at radius 2 is 1.67 bits per heavy atom. The minimum Gasteiger partial charge on any atom is -0.275 e. The maximum Gasteiger partial charge on any atom is 0.198 e. The summed E-state index contributed by atoms with van der Waals surface area (Å²) in [4.78, 5) is 13.5. The number of fused-ring (bicyclic) bond motifs is 5.